The summed E-state index contributed by atoms with van der Waals surface area (Å²) in [5, 5.41) is -0.0266. The van der Waals surface area contributed by atoms with Crippen LogP contribution >= 0.6 is 26.4 Å². The zero-order valence-corrected chi connectivity index (χ0v) is 16.7. The van der Waals surface area contributed by atoms with Crippen LogP contribution in [0, 0.1) is 0 Å². The van der Waals surface area contributed by atoms with Crippen molar-refractivity contribution in [2.45, 2.75) is 13.8 Å². The number of halogens is 1. The highest BCUT2D eigenvalue weighted by atomic mass is 35.7. The molecule has 0 radical (unpaired) electrons. The lowest BCUT2D eigenvalue weighted by atomic mass is 10.3. The van der Waals surface area contributed by atoms with Gasteiger partial charge in [0.25, 0.3) is 5.91 Å². The number of para-hydroxylation sites is 1. The van der Waals surface area contributed by atoms with Gasteiger partial charge in [0.05, 0.1) is 18.9 Å². The van der Waals surface area contributed by atoms with Crippen molar-refractivity contribution in [2.24, 2.45) is 0 Å². The van der Waals surface area contributed by atoms with E-state index >= 15 is 0 Å². The Labute approximate surface area is 154 Å². The van der Waals surface area contributed by atoms with Gasteiger partial charge in [0.15, 0.2) is 0 Å². The van der Waals surface area contributed by atoms with Crippen LogP contribution < -0.4 is 4.67 Å². The van der Waals surface area contributed by atoms with Crippen LogP contribution in [-0.4, -0.2) is 30.3 Å². The average Bonchev–Trinajstić information content (AvgIpc) is 2.59. The average molecular weight is 403 g/mol. The van der Waals surface area contributed by atoms with Gasteiger partial charge in [0, 0.05) is 12.7 Å². The van der Waals surface area contributed by atoms with Gasteiger partial charge in [0.2, 0.25) is 7.58 Å². The van der Waals surface area contributed by atoms with Crippen molar-refractivity contribution < 1.29 is 18.4 Å². The van der Waals surface area contributed by atoms with Crippen molar-refractivity contribution in [1.82, 2.24) is 4.67 Å². The third kappa shape index (κ3) is 4.33. The molecule has 1 aliphatic heterocycles. The molecular formula is C16H21ClN2O4P2. The Balaban J connectivity index is 2.53. The molecule has 0 spiro atoms. The number of hydrogen-bond donors (Lipinski definition) is 0. The Bertz CT molecular complexity index is 689. The minimum Gasteiger partial charge on any atom is -0.323 e. The van der Waals surface area contributed by atoms with Crippen LogP contribution in [0.15, 0.2) is 54.5 Å². The molecule has 0 saturated heterocycles. The highest BCUT2D eigenvalue weighted by molar-refractivity contribution is 7.84. The van der Waals surface area contributed by atoms with E-state index < -0.39 is 21.1 Å². The summed E-state index contributed by atoms with van der Waals surface area (Å²) in [5.74, 6) is -0.474. The normalized spacial score (nSPS) is 18.3. The summed E-state index contributed by atoms with van der Waals surface area (Å²) < 4.78 is 27.0. The lowest BCUT2D eigenvalue weighted by Crippen LogP contribution is -2.36. The molecule has 0 bridgehead atoms. The molecule has 6 nitrogen and oxygen atoms in total. The molecule has 25 heavy (non-hydrogen) atoms. The first-order chi connectivity index (χ1) is 12.0. The number of nitrogens with zero attached hydrogens (tertiary/aromatic N) is 2. The van der Waals surface area contributed by atoms with E-state index in [2.05, 4.69) is 6.58 Å². The first kappa shape index (κ1) is 20.2. The fourth-order valence-electron chi connectivity index (χ4n) is 2.28. The number of carbonyl (C=O) groups is 1. The lowest BCUT2D eigenvalue weighted by molar-refractivity contribution is -0.113. The van der Waals surface area contributed by atoms with Crippen LogP contribution in [0.5, 0.6) is 0 Å². The minimum absolute atomic E-state index is 0.0266. The summed E-state index contributed by atoms with van der Waals surface area (Å²) >= 11 is 6.56. The first-order valence-electron chi connectivity index (χ1n) is 7.82. The van der Waals surface area contributed by atoms with E-state index in [9.17, 15) is 9.36 Å². The highest BCUT2D eigenvalue weighted by Gasteiger charge is 2.44. The van der Waals surface area contributed by atoms with Crippen molar-refractivity contribution in [1.29, 1.82) is 0 Å². The van der Waals surface area contributed by atoms with Crippen molar-refractivity contribution >= 4 is 38.0 Å². The molecule has 1 atom stereocenters. The maximum Gasteiger partial charge on any atom is 0.368 e. The van der Waals surface area contributed by atoms with Crippen molar-refractivity contribution in [2.75, 3.05) is 24.4 Å². The van der Waals surface area contributed by atoms with Crippen molar-refractivity contribution in [3.05, 3.63) is 54.5 Å². The van der Waals surface area contributed by atoms with Crippen LogP contribution in [0.25, 0.3) is 0 Å². The molecule has 0 fully saturated rings. The minimum atomic E-state index is -3.75. The van der Waals surface area contributed by atoms with Crippen LogP contribution in [0.2, 0.25) is 0 Å². The van der Waals surface area contributed by atoms with Gasteiger partial charge in [-0.3, -0.25) is 14.0 Å². The molecule has 1 aromatic rings. The second kappa shape index (κ2) is 8.98. The van der Waals surface area contributed by atoms with E-state index in [-0.39, 0.29) is 18.5 Å². The van der Waals surface area contributed by atoms with Crippen LogP contribution in [0.4, 0.5) is 5.69 Å². The van der Waals surface area contributed by atoms with Gasteiger partial charge in [-0.25, -0.2) is 0 Å². The Hall–Kier alpha value is -1.16. The number of benzene rings is 1. The smallest absolute Gasteiger partial charge is 0.323 e. The molecule has 0 N–H and O–H groups in total. The third-order valence-electron chi connectivity index (χ3n) is 3.27. The van der Waals surface area contributed by atoms with E-state index in [1.807, 2.05) is 18.2 Å². The second-order valence-corrected chi connectivity index (χ2v) is 9.25. The van der Waals surface area contributed by atoms with Crippen LogP contribution in [0.1, 0.15) is 13.8 Å². The predicted molar refractivity (Wildman–Crippen MR) is 103 cm³/mol. The third-order valence-corrected chi connectivity index (χ3v) is 7.84. The Kier molecular flexibility index (Phi) is 7.24. The second-order valence-electron chi connectivity index (χ2n) is 4.95. The number of carbonyl (C=O) groups excluding carboxylic acids is 1. The summed E-state index contributed by atoms with van der Waals surface area (Å²) in [6, 6.07) is 9.01. The van der Waals surface area contributed by atoms with Gasteiger partial charge in [-0.1, -0.05) is 24.3 Å². The monoisotopic (exact) mass is 402 g/mol. The van der Waals surface area contributed by atoms with Gasteiger partial charge in [-0.15, -0.1) is 6.58 Å². The van der Waals surface area contributed by atoms with Gasteiger partial charge < -0.3 is 13.7 Å². The molecule has 136 valence electrons. The maximum absolute atomic E-state index is 13.2. The largest absolute Gasteiger partial charge is 0.368 e. The van der Waals surface area contributed by atoms with E-state index in [1.54, 1.807) is 36.7 Å². The molecule has 1 aromatic carbocycles. The molecule has 1 aliphatic rings. The number of hydrogen-bond acceptors (Lipinski definition) is 5. The van der Waals surface area contributed by atoms with E-state index in [1.165, 1.54) is 10.9 Å². The SMILES string of the molecule is C=CCN1C=C(P(=O)(OCC)OCC)C(=O)N(c2ccccc2)P1Cl. The van der Waals surface area contributed by atoms with Crippen molar-refractivity contribution in [3.63, 3.8) is 0 Å². The fraction of sp³-hybridized carbons (Fsp3) is 0.312. The lowest BCUT2D eigenvalue weighted by Gasteiger charge is -2.39. The van der Waals surface area contributed by atoms with Gasteiger partial charge in [0.1, 0.15) is 5.31 Å². The van der Waals surface area contributed by atoms with Crippen LogP contribution in [0.3, 0.4) is 0 Å². The fourth-order valence-corrected chi connectivity index (χ4v) is 6.15. The van der Waals surface area contributed by atoms with Crippen LogP contribution in [-0.2, 0) is 18.4 Å². The number of anilines is 1. The van der Waals surface area contributed by atoms with Gasteiger partial charge in [-0.05, 0) is 37.2 Å². The summed E-state index contributed by atoms with van der Waals surface area (Å²) in [6.07, 6.45) is 3.14. The van der Waals surface area contributed by atoms with E-state index in [0.29, 0.717) is 12.2 Å². The molecule has 0 aliphatic carbocycles. The van der Waals surface area contributed by atoms with Gasteiger partial charge >= 0.3 is 7.60 Å². The van der Waals surface area contributed by atoms with Gasteiger partial charge in [-0.2, -0.15) is 0 Å². The summed E-state index contributed by atoms with van der Waals surface area (Å²) in [6.45, 7) is 7.82. The maximum atomic E-state index is 13.2. The molecule has 0 aromatic heterocycles. The highest BCUT2D eigenvalue weighted by Crippen LogP contribution is 2.63. The van der Waals surface area contributed by atoms with Crippen molar-refractivity contribution in [3.8, 4) is 0 Å². The molecule has 1 unspecified atom stereocenters. The van der Waals surface area contributed by atoms with E-state index in [0.717, 1.165) is 0 Å². The zero-order valence-electron chi connectivity index (χ0n) is 14.2. The molecule has 2 rings (SSSR count). The van der Waals surface area contributed by atoms with E-state index in [4.69, 9.17) is 20.3 Å². The number of rotatable bonds is 8. The Morgan fingerprint density at radius 2 is 1.84 bits per heavy atom. The quantitative estimate of drug-likeness (QED) is 0.447. The first-order valence-corrected chi connectivity index (χ1v) is 11.5. The summed E-state index contributed by atoms with van der Waals surface area (Å²) in [5.41, 5.74) is 0.618. The molecule has 9 heteroatoms. The molecule has 0 saturated carbocycles. The Morgan fingerprint density at radius 3 is 2.36 bits per heavy atom. The standard InChI is InChI=1S/C16H21ClN2O4P2/c1-4-12-18-13-15(25(21,22-5-2)23-6-3)16(20)19(24(18)17)14-10-8-7-9-11-14/h4,7-11,13H,1,5-6,12H2,2-3H3. The molecule has 1 heterocycles. The summed E-state index contributed by atoms with van der Waals surface area (Å²) in [4.78, 5) is 13.1. The molecule has 1 amide bonds. The summed E-state index contributed by atoms with van der Waals surface area (Å²) in [7, 11) is -5.27. The Morgan fingerprint density at radius 1 is 1.24 bits per heavy atom. The zero-order chi connectivity index (χ0) is 18.4. The molecular weight excluding hydrogens is 382 g/mol. The predicted octanol–water partition coefficient (Wildman–Crippen LogP) is 5.09. The number of amides is 1. The topological polar surface area (TPSA) is 59.1 Å².